The molecule has 0 radical (unpaired) electrons. The quantitative estimate of drug-likeness (QED) is 0.734. The van der Waals surface area contributed by atoms with Crippen molar-refractivity contribution in [3.05, 3.63) is 15.9 Å². The SMILES string of the molecule is CCCCCC(C)NCc1c(Br)c(C)nn1CC. The minimum Gasteiger partial charge on any atom is -0.309 e. The van der Waals surface area contributed by atoms with Crippen molar-refractivity contribution in [1.82, 2.24) is 15.1 Å². The van der Waals surface area contributed by atoms with Crippen molar-refractivity contribution in [3.8, 4) is 0 Å². The van der Waals surface area contributed by atoms with Crippen LogP contribution in [0.1, 0.15) is 57.8 Å². The second-order valence-corrected chi connectivity index (χ2v) is 5.73. The number of halogens is 1. The monoisotopic (exact) mass is 315 g/mol. The molecular weight excluding hydrogens is 290 g/mol. The van der Waals surface area contributed by atoms with E-state index in [1.807, 2.05) is 6.92 Å². The van der Waals surface area contributed by atoms with E-state index in [1.165, 1.54) is 31.4 Å². The molecule has 0 fully saturated rings. The van der Waals surface area contributed by atoms with Gasteiger partial charge in [-0.25, -0.2) is 0 Å². The molecule has 1 atom stereocenters. The van der Waals surface area contributed by atoms with Gasteiger partial charge in [0.15, 0.2) is 0 Å². The van der Waals surface area contributed by atoms with Gasteiger partial charge in [0.2, 0.25) is 0 Å². The Morgan fingerprint density at radius 3 is 2.67 bits per heavy atom. The lowest BCUT2D eigenvalue weighted by molar-refractivity contribution is 0.471. The summed E-state index contributed by atoms with van der Waals surface area (Å²) in [6, 6.07) is 0.573. The number of rotatable bonds is 8. The van der Waals surface area contributed by atoms with E-state index in [9.17, 15) is 0 Å². The molecule has 0 spiro atoms. The van der Waals surface area contributed by atoms with Gasteiger partial charge < -0.3 is 5.32 Å². The Kier molecular flexibility index (Phi) is 6.94. The number of hydrogen-bond acceptors (Lipinski definition) is 2. The first-order chi connectivity index (χ1) is 8.60. The largest absolute Gasteiger partial charge is 0.309 e. The highest BCUT2D eigenvalue weighted by Crippen LogP contribution is 2.21. The van der Waals surface area contributed by atoms with Crippen LogP contribution in [0.4, 0.5) is 0 Å². The fourth-order valence-electron chi connectivity index (χ4n) is 2.11. The molecule has 104 valence electrons. The molecule has 0 aliphatic rings. The van der Waals surface area contributed by atoms with Gasteiger partial charge in [-0.15, -0.1) is 0 Å². The Morgan fingerprint density at radius 2 is 2.06 bits per heavy atom. The van der Waals surface area contributed by atoms with Gasteiger partial charge in [-0.2, -0.15) is 5.10 Å². The Bertz CT molecular complexity index is 360. The molecule has 1 aromatic heterocycles. The molecule has 0 amide bonds. The van der Waals surface area contributed by atoms with Gasteiger partial charge in [-0.3, -0.25) is 4.68 Å². The summed E-state index contributed by atoms with van der Waals surface area (Å²) in [5.74, 6) is 0. The third-order valence-corrected chi connectivity index (χ3v) is 4.34. The van der Waals surface area contributed by atoms with Crippen LogP contribution in [-0.2, 0) is 13.1 Å². The summed E-state index contributed by atoms with van der Waals surface area (Å²) in [4.78, 5) is 0. The maximum absolute atomic E-state index is 4.51. The van der Waals surface area contributed by atoms with Gasteiger partial charge in [0.25, 0.3) is 0 Å². The van der Waals surface area contributed by atoms with Crippen LogP contribution in [0.5, 0.6) is 0 Å². The van der Waals surface area contributed by atoms with Crippen LogP contribution in [0, 0.1) is 6.92 Å². The van der Waals surface area contributed by atoms with Crippen LogP contribution in [-0.4, -0.2) is 15.8 Å². The number of nitrogens with zero attached hydrogens (tertiary/aromatic N) is 2. The lowest BCUT2D eigenvalue weighted by Gasteiger charge is -2.14. The van der Waals surface area contributed by atoms with Crippen molar-refractivity contribution >= 4 is 15.9 Å². The average Bonchev–Trinajstić information content (AvgIpc) is 2.63. The van der Waals surface area contributed by atoms with Gasteiger partial charge >= 0.3 is 0 Å². The molecule has 1 aromatic rings. The molecule has 0 saturated carbocycles. The van der Waals surface area contributed by atoms with E-state index in [0.29, 0.717) is 6.04 Å². The van der Waals surface area contributed by atoms with Gasteiger partial charge in [-0.05, 0) is 43.1 Å². The zero-order valence-electron chi connectivity index (χ0n) is 12.1. The van der Waals surface area contributed by atoms with Gasteiger partial charge in [0.1, 0.15) is 0 Å². The van der Waals surface area contributed by atoms with Crippen LogP contribution in [0.25, 0.3) is 0 Å². The van der Waals surface area contributed by atoms with Crippen LogP contribution in [0.2, 0.25) is 0 Å². The van der Waals surface area contributed by atoms with E-state index in [-0.39, 0.29) is 0 Å². The Balaban J connectivity index is 2.47. The molecule has 0 saturated heterocycles. The molecule has 0 aliphatic carbocycles. The lowest BCUT2D eigenvalue weighted by atomic mass is 10.1. The molecule has 0 aromatic carbocycles. The first kappa shape index (κ1) is 15.7. The molecule has 1 unspecified atom stereocenters. The number of aromatic nitrogens is 2. The normalized spacial score (nSPS) is 12.9. The molecule has 4 heteroatoms. The van der Waals surface area contributed by atoms with E-state index in [2.05, 4.69) is 51.8 Å². The summed E-state index contributed by atoms with van der Waals surface area (Å²) in [6.45, 7) is 10.5. The standard InChI is InChI=1S/C14H26BrN3/c1-5-7-8-9-11(3)16-10-13-14(15)12(4)17-18(13)6-2/h11,16H,5-10H2,1-4H3. The summed E-state index contributed by atoms with van der Waals surface area (Å²) >= 11 is 3.63. The predicted octanol–water partition coefficient (Wildman–Crippen LogP) is 4.03. The fourth-order valence-corrected chi connectivity index (χ4v) is 2.54. The highest BCUT2D eigenvalue weighted by Gasteiger charge is 2.12. The average molecular weight is 316 g/mol. The van der Waals surface area contributed by atoms with Crippen molar-refractivity contribution in [1.29, 1.82) is 0 Å². The predicted molar refractivity (Wildman–Crippen MR) is 80.8 cm³/mol. The summed E-state index contributed by atoms with van der Waals surface area (Å²) < 4.78 is 3.23. The molecule has 1 heterocycles. The van der Waals surface area contributed by atoms with Crippen LogP contribution in [0.15, 0.2) is 4.47 Å². The number of hydrogen-bond donors (Lipinski definition) is 1. The fraction of sp³-hybridized carbons (Fsp3) is 0.786. The molecule has 0 bridgehead atoms. The second-order valence-electron chi connectivity index (χ2n) is 4.94. The van der Waals surface area contributed by atoms with Crippen molar-refractivity contribution in [2.45, 2.75) is 72.5 Å². The smallest absolute Gasteiger partial charge is 0.0739 e. The first-order valence-electron chi connectivity index (χ1n) is 7.05. The van der Waals surface area contributed by atoms with Crippen LogP contribution in [0.3, 0.4) is 0 Å². The van der Waals surface area contributed by atoms with E-state index in [0.717, 1.165) is 23.3 Å². The highest BCUT2D eigenvalue weighted by atomic mass is 79.9. The third kappa shape index (κ3) is 4.39. The van der Waals surface area contributed by atoms with Crippen molar-refractivity contribution in [2.75, 3.05) is 0 Å². The minimum absolute atomic E-state index is 0.573. The Morgan fingerprint density at radius 1 is 1.33 bits per heavy atom. The number of unbranched alkanes of at least 4 members (excludes halogenated alkanes) is 2. The molecular formula is C14H26BrN3. The zero-order chi connectivity index (χ0) is 13.5. The summed E-state index contributed by atoms with van der Waals surface area (Å²) in [7, 11) is 0. The Hall–Kier alpha value is -0.350. The van der Waals surface area contributed by atoms with Gasteiger partial charge in [-0.1, -0.05) is 26.2 Å². The van der Waals surface area contributed by atoms with E-state index < -0.39 is 0 Å². The minimum atomic E-state index is 0.573. The van der Waals surface area contributed by atoms with E-state index >= 15 is 0 Å². The maximum atomic E-state index is 4.51. The zero-order valence-corrected chi connectivity index (χ0v) is 13.7. The second kappa shape index (κ2) is 7.95. The highest BCUT2D eigenvalue weighted by molar-refractivity contribution is 9.10. The van der Waals surface area contributed by atoms with Crippen molar-refractivity contribution in [3.63, 3.8) is 0 Å². The summed E-state index contributed by atoms with van der Waals surface area (Å²) in [5.41, 5.74) is 2.34. The molecule has 3 nitrogen and oxygen atoms in total. The lowest BCUT2D eigenvalue weighted by Crippen LogP contribution is -2.26. The van der Waals surface area contributed by atoms with Crippen molar-refractivity contribution in [2.24, 2.45) is 0 Å². The molecule has 0 aliphatic heterocycles. The van der Waals surface area contributed by atoms with Crippen molar-refractivity contribution < 1.29 is 0 Å². The van der Waals surface area contributed by atoms with Gasteiger partial charge in [0.05, 0.1) is 15.9 Å². The third-order valence-electron chi connectivity index (χ3n) is 3.31. The van der Waals surface area contributed by atoms with Crippen LogP contribution < -0.4 is 5.32 Å². The molecule has 1 N–H and O–H groups in total. The molecule has 1 rings (SSSR count). The summed E-state index contributed by atoms with van der Waals surface area (Å²) in [5, 5.41) is 8.11. The van der Waals surface area contributed by atoms with E-state index in [1.54, 1.807) is 0 Å². The summed E-state index contributed by atoms with van der Waals surface area (Å²) in [6.07, 6.45) is 5.20. The van der Waals surface area contributed by atoms with Crippen LogP contribution >= 0.6 is 15.9 Å². The number of aryl methyl sites for hydroxylation is 2. The number of nitrogens with one attached hydrogen (secondary N) is 1. The Labute approximate surface area is 119 Å². The maximum Gasteiger partial charge on any atom is 0.0739 e. The van der Waals surface area contributed by atoms with Gasteiger partial charge in [0, 0.05) is 19.1 Å². The first-order valence-corrected chi connectivity index (χ1v) is 7.84. The molecule has 18 heavy (non-hydrogen) atoms. The topological polar surface area (TPSA) is 29.9 Å². The van der Waals surface area contributed by atoms with E-state index in [4.69, 9.17) is 0 Å².